The highest BCUT2D eigenvalue weighted by Gasteiger charge is 2.31. The summed E-state index contributed by atoms with van der Waals surface area (Å²) in [5.41, 5.74) is 8.06. The van der Waals surface area contributed by atoms with E-state index in [2.05, 4.69) is 33.9 Å². The van der Waals surface area contributed by atoms with Crippen molar-refractivity contribution in [3.05, 3.63) is 52.9 Å². The van der Waals surface area contributed by atoms with Gasteiger partial charge in [-0.05, 0) is 48.6 Å². The van der Waals surface area contributed by atoms with Gasteiger partial charge in [0.2, 0.25) is 12.3 Å². The van der Waals surface area contributed by atoms with Crippen molar-refractivity contribution in [3.8, 4) is 5.88 Å². The van der Waals surface area contributed by atoms with E-state index in [-0.39, 0.29) is 32.5 Å². The molecule has 1 atom stereocenters. The van der Waals surface area contributed by atoms with Crippen molar-refractivity contribution in [2.24, 2.45) is 11.7 Å². The van der Waals surface area contributed by atoms with Crippen LogP contribution in [0, 0.1) is 5.92 Å². The molecule has 0 amide bonds. The van der Waals surface area contributed by atoms with Crippen LogP contribution < -0.4 is 15.8 Å². The zero-order valence-corrected chi connectivity index (χ0v) is 20.8. The highest BCUT2D eigenvalue weighted by atomic mass is 19.4. The second kappa shape index (κ2) is 15.0. The summed E-state index contributed by atoms with van der Waals surface area (Å²) in [6.45, 7) is 7.74. The van der Waals surface area contributed by atoms with Gasteiger partial charge in [0.25, 0.3) is 0 Å². The minimum atomic E-state index is -4.51. The first-order chi connectivity index (χ1) is 17.4. The fourth-order valence-electron chi connectivity index (χ4n) is 2.96. The van der Waals surface area contributed by atoms with Crippen LogP contribution in [0.3, 0.4) is 0 Å². The molecule has 0 fully saturated rings. The molecule has 3 N–H and O–H groups in total. The van der Waals surface area contributed by atoms with E-state index >= 15 is 0 Å². The highest BCUT2D eigenvalue weighted by Crippen LogP contribution is 2.43. The molecule has 1 aliphatic rings. The van der Waals surface area contributed by atoms with Crippen LogP contribution in [0.25, 0.3) is 5.57 Å². The number of rotatable bonds is 10. The molecule has 0 bridgehead atoms. The lowest BCUT2D eigenvalue weighted by Gasteiger charge is -2.10. The molecule has 1 radical (unpaired) electrons. The molecule has 37 heavy (non-hydrogen) atoms. The largest absolute Gasteiger partial charge is 0.468 e. The van der Waals surface area contributed by atoms with E-state index in [0.29, 0.717) is 23.4 Å². The molecular weight excluding hydrogens is 499 g/mol. The number of nitrogens with zero attached hydrogens (tertiary/aromatic N) is 2. The van der Waals surface area contributed by atoms with Crippen molar-refractivity contribution < 1.29 is 39.1 Å². The van der Waals surface area contributed by atoms with E-state index in [1.165, 1.54) is 6.07 Å². The highest BCUT2D eigenvalue weighted by molar-refractivity contribution is 5.90. The van der Waals surface area contributed by atoms with Crippen molar-refractivity contribution in [1.29, 1.82) is 0 Å². The zero-order valence-electron chi connectivity index (χ0n) is 21.8. The van der Waals surface area contributed by atoms with Crippen LogP contribution in [0.15, 0.2) is 36.0 Å². The van der Waals surface area contributed by atoms with Gasteiger partial charge < -0.3 is 20.6 Å². The third kappa shape index (κ3) is 11.9. The van der Waals surface area contributed by atoms with Crippen LogP contribution >= 0.6 is 0 Å². The normalized spacial score (nSPS) is 13.3. The number of ether oxygens (including phenoxy) is 1. The summed E-state index contributed by atoms with van der Waals surface area (Å²) in [5.74, 6) is 1.23. The Balaban J connectivity index is 0. The molecule has 2 aromatic rings. The molecule has 2 aromatic heterocycles. The maximum atomic E-state index is 12.3. The topological polar surface area (TPSA) is 107 Å². The number of aromatic nitrogens is 2. The van der Waals surface area contributed by atoms with Crippen molar-refractivity contribution in [2.75, 3.05) is 18.5 Å². The Morgan fingerprint density at radius 2 is 1.92 bits per heavy atom. The SMILES string of the molecule is C=O.CC(C)CNc1cc(C(C)N)ccn1.O=Cc1ccc(OCC(F)(F)F)nc1C1=C(CC(F)F)C1.[HH].[H]. The molecule has 2 heterocycles. The first-order valence-electron chi connectivity index (χ1n) is 11.3. The Morgan fingerprint density at radius 1 is 1.24 bits per heavy atom. The third-order valence-corrected chi connectivity index (χ3v) is 4.79. The van der Waals surface area contributed by atoms with E-state index in [9.17, 15) is 26.7 Å². The molecule has 12 heteroatoms. The first-order valence-corrected chi connectivity index (χ1v) is 11.3. The second-order valence-corrected chi connectivity index (χ2v) is 8.50. The maximum Gasteiger partial charge on any atom is 0.422 e. The molecule has 0 aromatic carbocycles. The summed E-state index contributed by atoms with van der Waals surface area (Å²) in [5, 5.41) is 3.27. The van der Waals surface area contributed by atoms with Crippen molar-refractivity contribution in [3.63, 3.8) is 0 Å². The van der Waals surface area contributed by atoms with Gasteiger partial charge in [-0.3, -0.25) is 4.79 Å². The summed E-state index contributed by atoms with van der Waals surface area (Å²) in [6.07, 6.45) is -4.90. The lowest BCUT2D eigenvalue weighted by Crippen LogP contribution is -2.19. The van der Waals surface area contributed by atoms with Gasteiger partial charge in [-0.15, -0.1) is 0 Å². The average Bonchev–Trinajstić information content (AvgIpc) is 3.60. The van der Waals surface area contributed by atoms with Crippen molar-refractivity contribution in [1.82, 2.24) is 9.97 Å². The Morgan fingerprint density at radius 3 is 2.46 bits per heavy atom. The number of carbonyl (C=O) groups is 2. The number of carbonyl (C=O) groups excluding carboxylic acids is 2. The number of alkyl halides is 5. The molecular formula is C25H34F5N4O3. The summed E-state index contributed by atoms with van der Waals surface area (Å²) in [7, 11) is 0. The number of halogens is 5. The summed E-state index contributed by atoms with van der Waals surface area (Å²) in [6, 6.07) is 6.41. The number of nitrogens with two attached hydrogens (primary N) is 1. The van der Waals surface area contributed by atoms with Crippen molar-refractivity contribution >= 4 is 24.5 Å². The molecule has 0 saturated heterocycles. The third-order valence-electron chi connectivity index (χ3n) is 4.79. The number of nitrogens with one attached hydrogen (secondary N) is 1. The van der Waals surface area contributed by atoms with E-state index < -0.39 is 25.6 Å². The van der Waals surface area contributed by atoms with Gasteiger partial charge in [-0.1, -0.05) is 19.4 Å². The Kier molecular flexibility index (Phi) is 12.8. The predicted molar refractivity (Wildman–Crippen MR) is 134 cm³/mol. The molecule has 0 aliphatic heterocycles. The van der Waals surface area contributed by atoms with Crippen LogP contribution in [-0.4, -0.2) is 48.8 Å². The lowest BCUT2D eigenvalue weighted by molar-refractivity contribution is -0.154. The van der Waals surface area contributed by atoms with Gasteiger partial charge in [0.05, 0.1) is 5.69 Å². The number of anilines is 1. The molecule has 0 saturated carbocycles. The van der Waals surface area contributed by atoms with E-state index in [4.69, 9.17) is 10.5 Å². The van der Waals surface area contributed by atoms with Gasteiger partial charge >= 0.3 is 6.18 Å². The van der Waals surface area contributed by atoms with Gasteiger partial charge in [0.1, 0.15) is 12.6 Å². The molecule has 0 spiro atoms. The van der Waals surface area contributed by atoms with Crippen LogP contribution in [0.4, 0.5) is 27.8 Å². The fraction of sp³-hybridized carbons (Fsp3) is 0.440. The Labute approximate surface area is 215 Å². The first kappa shape index (κ1) is 31.6. The summed E-state index contributed by atoms with van der Waals surface area (Å²) < 4.78 is 65.2. The van der Waals surface area contributed by atoms with E-state index in [1.807, 2.05) is 25.8 Å². The quantitative estimate of drug-likeness (QED) is 0.285. The molecule has 3 rings (SSSR count). The van der Waals surface area contributed by atoms with Gasteiger partial charge in [-0.25, -0.2) is 18.7 Å². The van der Waals surface area contributed by atoms with Gasteiger partial charge in [0, 0.05) is 39.7 Å². The van der Waals surface area contributed by atoms with E-state index in [0.717, 1.165) is 24.0 Å². The molecule has 1 aliphatic carbocycles. The van der Waals surface area contributed by atoms with Crippen molar-refractivity contribution in [2.45, 2.75) is 52.3 Å². The molecule has 207 valence electrons. The van der Waals surface area contributed by atoms with Crippen LogP contribution in [-0.2, 0) is 4.79 Å². The minimum absolute atomic E-state index is 0. The number of hydrogen-bond acceptors (Lipinski definition) is 7. The maximum absolute atomic E-state index is 12.3. The summed E-state index contributed by atoms with van der Waals surface area (Å²) >= 11 is 0. The number of allylic oxidation sites excluding steroid dienone is 2. The predicted octanol–water partition coefficient (Wildman–Crippen LogP) is 5.99. The Hall–Kier alpha value is -3.41. The fourth-order valence-corrected chi connectivity index (χ4v) is 2.96. The van der Waals surface area contributed by atoms with E-state index in [1.54, 1.807) is 6.20 Å². The monoisotopic (exact) mass is 533 g/mol. The standard InChI is InChI=1S/C13H10F5NO2.C11H19N3.CH2O.H2.H/c14-10(15)4-8-3-9(8)12-7(5-20)1-2-11(19-12)21-6-13(16,17)18;1-8(2)7-14-11-6-10(9(3)12)4-5-13-11;1-2;;/h1-2,5,10H,3-4,6H2;4-6,8-9H,7,12H2,1-3H3,(H,13,14);1H2;1H;. The minimum Gasteiger partial charge on any atom is -0.468 e. The second-order valence-electron chi connectivity index (χ2n) is 8.50. The number of aldehydes is 1. The average molecular weight is 534 g/mol. The van der Waals surface area contributed by atoms with Crippen LogP contribution in [0.5, 0.6) is 5.88 Å². The van der Waals surface area contributed by atoms with Gasteiger partial charge in [-0.2, -0.15) is 13.2 Å². The van der Waals surface area contributed by atoms with Gasteiger partial charge in [0.15, 0.2) is 12.9 Å². The summed E-state index contributed by atoms with van der Waals surface area (Å²) in [4.78, 5) is 26.9. The molecule has 1 unspecified atom stereocenters. The lowest BCUT2D eigenvalue weighted by atomic mass is 10.1. The van der Waals surface area contributed by atoms with Crippen LogP contribution in [0.2, 0.25) is 0 Å². The van der Waals surface area contributed by atoms with Crippen LogP contribution in [0.1, 0.15) is 64.1 Å². The smallest absolute Gasteiger partial charge is 0.422 e. The number of hydrogen-bond donors (Lipinski definition) is 2. The zero-order chi connectivity index (χ0) is 28.2. The number of pyridine rings is 2. The molecule has 7 nitrogen and oxygen atoms in total. The Bertz CT molecular complexity index is 1050.